The number of nitrogens with zero attached hydrogens (tertiary/aromatic N) is 1. The van der Waals surface area contributed by atoms with Gasteiger partial charge >= 0.3 is 5.97 Å². The molecule has 132 valence electrons. The highest BCUT2D eigenvalue weighted by Crippen LogP contribution is 2.50. The monoisotopic (exact) mass is 333 g/mol. The van der Waals surface area contributed by atoms with Crippen LogP contribution in [-0.2, 0) is 16.0 Å². The van der Waals surface area contributed by atoms with Crippen molar-refractivity contribution in [3.05, 3.63) is 35.4 Å². The Balaban J connectivity index is 2.15. The topological polar surface area (TPSA) is 66.8 Å². The number of benzene rings is 1. The summed E-state index contributed by atoms with van der Waals surface area (Å²) in [5.41, 5.74) is 0.744. The van der Waals surface area contributed by atoms with Gasteiger partial charge in [-0.25, -0.2) is 4.79 Å². The molecule has 1 aromatic carbocycles. The van der Waals surface area contributed by atoms with Crippen molar-refractivity contribution in [2.45, 2.75) is 51.7 Å². The average molecular weight is 333 g/mol. The zero-order chi connectivity index (χ0) is 17.9. The van der Waals surface area contributed by atoms with Crippen molar-refractivity contribution in [2.75, 3.05) is 14.2 Å². The summed E-state index contributed by atoms with van der Waals surface area (Å²) in [5.74, 6) is -1.05. The lowest BCUT2D eigenvalue weighted by atomic mass is 9.58. The maximum absolute atomic E-state index is 12.7. The molecule has 0 aromatic heterocycles. The molecule has 1 amide bonds. The van der Waals surface area contributed by atoms with E-state index >= 15 is 0 Å². The molecule has 5 nitrogen and oxygen atoms in total. The van der Waals surface area contributed by atoms with Gasteiger partial charge in [0.2, 0.25) is 5.91 Å². The van der Waals surface area contributed by atoms with Gasteiger partial charge in [0.1, 0.15) is 0 Å². The van der Waals surface area contributed by atoms with E-state index in [0.717, 1.165) is 19.3 Å². The summed E-state index contributed by atoms with van der Waals surface area (Å²) in [6, 6.07) is 6.83. The fraction of sp³-hybridized carbons (Fsp3) is 0.579. The third-order valence-electron chi connectivity index (χ3n) is 5.79. The number of rotatable bonds is 7. The second-order valence-electron chi connectivity index (χ2n) is 6.56. The zero-order valence-electron chi connectivity index (χ0n) is 14.9. The number of likely N-dealkylation sites (N-methyl/N-ethyl adjacent to an activating group) is 1. The summed E-state index contributed by atoms with van der Waals surface area (Å²) in [5, 5.41) is 9.27. The normalized spacial score (nSPS) is 21.8. The Hall–Kier alpha value is -1.88. The van der Waals surface area contributed by atoms with Gasteiger partial charge in [0.05, 0.1) is 18.1 Å². The largest absolute Gasteiger partial charge is 0.478 e. The van der Waals surface area contributed by atoms with Crippen LogP contribution >= 0.6 is 0 Å². The number of carbonyl (C=O) groups is 2. The average Bonchev–Trinajstić information content (AvgIpc) is 2.55. The van der Waals surface area contributed by atoms with Gasteiger partial charge in [-0.1, -0.05) is 32.0 Å². The fourth-order valence-corrected chi connectivity index (χ4v) is 4.12. The van der Waals surface area contributed by atoms with E-state index in [1.54, 1.807) is 30.2 Å². The minimum Gasteiger partial charge on any atom is -0.478 e. The lowest BCUT2D eigenvalue weighted by molar-refractivity contribution is -0.169. The number of carboxylic acid groups (broad SMARTS) is 1. The summed E-state index contributed by atoms with van der Waals surface area (Å²) in [6.07, 6.45) is 3.03. The van der Waals surface area contributed by atoms with Crippen LogP contribution in [0, 0.1) is 5.41 Å². The number of hydrogen-bond donors (Lipinski definition) is 1. The molecule has 2 atom stereocenters. The molecule has 1 aliphatic carbocycles. The Kier molecular flexibility index (Phi) is 5.65. The smallest absolute Gasteiger partial charge is 0.335 e. The molecule has 0 aliphatic heterocycles. The maximum atomic E-state index is 12.7. The Bertz CT molecular complexity index is 609. The molecular weight excluding hydrogens is 306 g/mol. The number of carbonyl (C=O) groups excluding carboxylic acids is 1. The van der Waals surface area contributed by atoms with E-state index in [9.17, 15) is 14.7 Å². The lowest BCUT2D eigenvalue weighted by Crippen LogP contribution is -2.64. The van der Waals surface area contributed by atoms with Gasteiger partial charge in [-0.2, -0.15) is 0 Å². The third kappa shape index (κ3) is 3.05. The molecule has 1 N–H and O–H groups in total. The summed E-state index contributed by atoms with van der Waals surface area (Å²) in [7, 11) is 3.55. The van der Waals surface area contributed by atoms with Gasteiger partial charge in [0.15, 0.2) is 0 Å². The number of methoxy groups -OCH3 is 1. The molecule has 0 bridgehead atoms. The van der Waals surface area contributed by atoms with Gasteiger partial charge in [0, 0.05) is 25.6 Å². The number of aromatic carboxylic acids is 1. The highest BCUT2D eigenvalue weighted by molar-refractivity contribution is 5.91. The number of hydrogen-bond acceptors (Lipinski definition) is 3. The number of carboxylic acids is 1. The Morgan fingerprint density at radius 3 is 2.46 bits per heavy atom. The Labute approximate surface area is 143 Å². The van der Waals surface area contributed by atoms with Crippen LogP contribution < -0.4 is 0 Å². The summed E-state index contributed by atoms with van der Waals surface area (Å²) < 4.78 is 5.60. The van der Waals surface area contributed by atoms with Gasteiger partial charge in [0.25, 0.3) is 0 Å². The number of amides is 1. The van der Waals surface area contributed by atoms with Gasteiger partial charge < -0.3 is 14.7 Å². The summed E-state index contributed by atoms with van der Waals surface area (Å²) in [4.78, 5) is 25.8. The molecule has 1 fully saturated rings. The lowest BCUT2D eigenvalue weighted by Gasteiger charge is -2.57. The SMILES string of the molecule is CCC1(CC)C(OC)CC1N(C)C(=O)Cc1ccccc1C(=O)O. The maximum Gasteiger partial charge on any atom is 0.335 e. The van der Waals surface area contributed by atoms with E-state index in [1.807, 2.05) is 7.05 Å². The van der Waals surface area contributed by atoms with E-state index in [0.29, 0.717) is 5.56 Å². The minimum absolute atomic E-state index is 0.00846. The first-order valence-corrected chi connectivity index (χ1v) is 8.50. The van der Waals surface area contributed by atoms with Gasteiger partial charge in [-0.15, -0.1) is 0 Å². The quantitative estimate of drug-likeness (QED) is 0.833. The molecule has 2 unspecified atom stereocenters. The molecular formula is C19H27NO4. The van der Waals surface area contributed by atoms with E-state index < -0.39 is 5.97 Å². The van der Waals surface area contributed by atoms with Crippen LogP contribution in [0.15, 0.2) is 24.3 Å². The second-order valence-corrected chi connectivity index (χ2v) is 6.56. The van der Waals surface area contributed by atoms with E-state index in [4.69, 9.17) is 4.74 Å². The highest BCUT2D eigenvalue weighted by Gasteiger charge is 2.55. The molecule has 1 saturated carbocycles. The van der Waals surface area contributed by atoms with Crippen LogP contribution in [0.25, 0.3) is 0 Å². The third-order valence-corrected chi connectivity index (χ3v) is 5.79. The fourth-order valence-electron chi connectivity index (χ4n) is 4.12. The summed E-state index contributed by atoms with van der Waals surface area (Å²) >= 11 is 0. The number of ether oxygens (including phenoxy) is 1. The molecule has 1 aromatic rings. The van der Waals surface area contributed by atoms with Crippen LogP contribution in [0.3, 0.4) is 0 Å². The van der Waals surface area contributed by atoms with Crippen molar-refractivity contribution >= 4 is 11.9 Å². The van der Waals surface area contributed by atoms with Crippen LogP contribution in [0.2, 0.25) is 0 Å². The van der Waals surface area contributed by atoms with Crippen LogP contribution in [0.4, 0.5) is 0 Å². The first kappa shape index (κ1) is 18.5. The van der Waals surface area contributed by atoms with Crippen molar-refractivity contribution in [1.82, 2.24) is 4.90 Å². The van der Waals surface area contributed by atoms with Crippen molar-refractivity contribution in [2.24, 2.45) is 5.41 Å². The van der Waals surface area contributed by atoms with Crippen molar-refractivity contribution in [1.29, 1.82) is 0 Å². The van der Waals surface area contributed by atoms with Gasteiger partial charge in [-0.05, 0) is 30.9 Å². The highest BCUT2D eigenvalue weighted by atomic mass is 16.5. The second kappa shape index (κ2) is 7.34. The van der Waals surface area contributed by atoms with E-state index in [-0.39, 0.29) is 35.5 Å². The molecule has 0 heterocycles. The van der Waals surface area contributed by atoms with Gasteiger partial charge in [-0.3, -0.25) is 4.79 Å². The molecule has 0 saturated heterocycles. The van der Waals surface area contributed by atoms with Crippen LogP contribution in [0.1, 0.15) is 49.0 Å². The molecule has 5 heteroatoms. The molecule has 24 heavy (non-hydrogen) atoms. The zero-order valence-corrected chi connectivity index (χ0v) is 14.9. The molecule has 0 spiro atoms. The minimum atomic E-state index is -0.999. The van der Waals surface area contributed by atoms with Crippen LogP contribution in [-0.4, -0.2) is 48.2 Å². The van der Waals surface area contributed by atoms with Crippen LogP contribution in [0.5, 0.6) is 0 Å². The first-order chi connectivity index (χ1) is 11.4. The molecule has 1 aliphatic rings. The predicted molar refractivity (Wildman–Crippen MR) is 92.1 cm³/mol. The Morgan fingerprint density at radius 2 is 1.92 bits per heavy atom. The van der Waals surface area contributed by atoms with Crippen molar-refractivity contribution in [3.63, 3.8) is 0 Å². The molecule has 2 rings (SSSR count). The first-order valence-electron chi connectivity index (χ1n) is 8.50. The Morgan fingerprint density at radius 1 is 1.29 bits per heavy atom. The predicted octanol–water partition coefficient (Wildman–Crippen LogP) is 2.98. The summed E-state index contributed by atoms with van der Waals surface area (Å²) in [6.45, 7) is 4.28. The van der Waals surface area contributed by atoms with Crippen molar-refractivity contribution in [3.8, 4) is 0 Å². The van der Waals surface area contributed by atoms with E-state index in [2.05, 4.69) is 13.8 Å². The van der Waals surface area contributed by atoms with Crippen molar-refractivity contribution < 1.29 is 19.4 Å². The molecule has 0 radical (unpaired) electrons. The standard InChI is InChI=1S/C19H27NO4/c1-5-19(6-2)15(12-16(19)24-4)20(3)17(21)11-13-9-7-8-10-14(13)18(22)23/h7-10,15-16H,5-6,11-12H2,1-4H3,(H,22,23). The van der Waals surface area contributed by atoms with E-state index in [1.165, 1.54) is 6.07 Å².